The van der Waals surface area contributed by atoms with E-state index in [-0.39, 0.29) is 13.0 Å². The van der Waals surface area contributed by atoms with Gasteiger partial charge in [0.05, 0.1) is 6.54 Å². The molecule has 0 aromatic heterocycles. The zero-order valence-corrected chi connectivity index (χ0v) is 19.7. The molecule has 0 bridgehead atoms. The van der Waals surface area contributed by atoms with Crippen LogP contribution in [0.4, 0.5) is 0 Å². The van der Waals surface area contributed by atoms with Crippen LogP contribution in [0.5, 0.6) is 0 Å². The zero-order valence-electron chi connectivity index (χ0n) is 18.9. The van der Waals surface area contributed by atoms with Crippen molar-refractivity contribution >= 4 is 35.5 Å². The smallest absolute Gasteiger partial charge is 0.326 e. The van der Waals surface area contributed by atoms with Gasteiger partial charge in [-0.2, -0.15) is 11.8 Å². The average Bonchev–Trinajstić information content (AvgIpc) is 2.80. The van der Waals surface area contributed by atoms with Gasteiger partial charge in [-0.3, -0.25) is 14.4 Å². The first-order chi connectivity index (χ1) is 15.8. The Kier molecular flexibility index (Phi) is 13.8. The van der Waals surface area contributed by atoms with Crippen LogP contribution in [-0.2, 0) is 25.6 Å². The van der Waals surface area contributed by atoms with Gasteiger partial charge in [0.15, 0.2) is 0 Å². The molecule has 33 heavy (non-hydrogen) atoms. The molecule has 0 saturated carbocycles. The summed E-state index contributed by atoms with van der Waals surface area (Å²) in [5.41, 5.74) is 11.6. The molecule has 0 radical (unpaired) electrons. The molecule has 0 aliphatic carbocycles. The molecule has 0 saturated heterocycles. The predicted molar refractivity (Wildman–Crippen MR) is 129 cm³/mol. The molecule has 11 heteroatoms. The number of unbranched alkanes of at least 4 members (excludes halogenated alkanes) is 1. The van der Waals surface area contributed by atoms with Gasteiger partial charge in [0, 0.05) is 6.42 Å². The van der Waals surface area contributed by atoms with Crippen LogP contribution in [0.15, 0.2) is 30.3 Å². The Bertz CT molecular complexity index is 765. The van der Waals surface area contributed by atoms with E-state index < -0.39 is 41.8 Å². The monoisotopic (exact) mass is 481 g/mol. The third-order valence-electron chi connectivity index (χ3n) is 4.92. The van der Waals surface area contributed by atoms with Crippen LogP contribution in [0.3, 0.4) is 0 Å². The number of carbonyl (C=O) groups excluding carboxylic acids is 3. The number of rotatable bonds is 16. The van der Waals surface area contributed by atoms with Crippen LogP contribution in [0.2, 0.25) is 0 Å². The second-order valence-corrected chi connectivity index (χ2v) is 8.53. The molecule has 184 valence electrons. The molecule has 3 unspecified atom stereocenters. The summed E-state index contributed by atoms with van der Waals surface area (Å²) in [6, 6.07) is 5.99. The maximum atomic E-state index is 12.9. The molecule has 10 nitrogen and oxygen atoms in total. The Labute approximate surface area is 198 Å². The second-order valence-electron chi connectivity index (χ2n) is 7.54. The summed E-state index contributed by atoms with van der Waals surface area (Å²) in [6.45, 7) is 0.187. The largest absolute Gasteiger partial charge is 0.480 e. The van der Waals surface area contributed by atoms with Crippen LogP contribution in [0, 0.1) is 0 Å². The molecule has 0 aliphatic heterocycles. The molecule has 1 rings (SSSR count). The summed E-state index contributed by atoms with van der Waals surface area (Å²) in [5.74, 6) is -2.20. The van der Waals surface area contributed by atoms with Crippen molar-refractivity contribution in [3.05, 3.63) is 35.9 Å². The summed E-state index contributed by atoms with van der Waals surface area (Å²) in [4.78, 5) is 49.3. The molecule has 0 aliphatic rings. The van der Waals surface area contributed by atoms with Crippen molar-refractivity contribution in [1.82, 2.24) is 16.0 Å². The van der Waals surface area contributed by atoms with Crippen LogP contribution < -0.4 is 27.4 Å². The number of amides is 3. The fourth-order valence-corrected chi connectivity index (χ4v) is 3.59. The van der Waals surface area contributed by atoms with Gasteiger partial charge in [0.2, 0.25) is 17.7 Å². The average molecular weight is 482 g/mol. The van der Waals surface area contributed by atoms with Crippen LogP contribution in [0.25, 0.3) is 0 Å². The Morgan fingerprint density at radius 3 is 2.06 bits per heavy atom. The number of nitrogens with two attached hydrogens (primary N) is 2. The third kappa shape index (κ3) is 11.2. The fraction of sp³-hybridized carbons (Fsp3) is 0.545. The second kappa shape index (κ2) is 16.1. The Balaban J connectivity index is 2.90. The van der Waals surface area contributed by atoms with Gasteiger partial charge in [0.1, 0.15) is 18.1 Å². The van der Waals surface area contributed by atoms with E-state index in [1.807, 2.05) is 12.3 Å². The number of aliphatic carboxylic acids is 1. The molecule has 1 aromatic carbocycles. The zero-order chi connectivity index (χ0) is 24.6. The maximum absolute atomic E-state index is 12.9. The molecular weight excluding hydrogens is 446 g/mol. The summed E-state index contributed by atoms with van der Waals surface area (Å²) < 4.78 is 0. The number of thioether (sulfide) groups is 1. The van der Waals surface area contributed by atoms with Gasteiger partial charge < -0.3 is 32.5 Å². The molecule has 0 fully saturated rings. The third-order valence-corrected chi connectivity index (χ3v) is 5.57. The Morgan fingerprint density at radius 1 is 0.909 bits per heavy atom. The van der Waals surface area contributed by atoms with E-state index in [0.29, 0.717) is 38.0 Å². The number of hydrogen-bond donors (Lipinski definition) is 6. The Morgan fingerprint density at radius 2 is 1.52 bits per heavy atom. The summed E-state index contributed by atoms with van der Waals surface area (Å²) in [7, 11) is 0. The van der Waals surface area contributed by atoms with E-state index in [2.05, 4.69) is 16.0 Å². The number of carbonyl (C=O) groups is 4. The van der Waals surface area contributed by atoms with Crippen LogP contribution >= 0.6 is 11.8 Å². The first-order valence-electron chi connectivity index (χ1n) is 10.9. The number of benzene rings is 1. The van der Waals surface area contributed by atoms with Crippen molar-refractivity contribution in [1.29, 1.82) is 0 Å². The van der Waals surface area contributed by atoms with E-state index in [1.165, 1.54) is 11.8 Å². The molecular formula is C22H35N5O5S. The van der Waals surface area contributed by atoms with Gasteiger partial charge in [0.25, 0.3) is 0 Å². The van der Waals surface area contributed by atoms with E-state index in [4.69, 9.17) is 11.5 Å². The van der Waals surface area contributed by atoms with E-state index in [1.54, 1.807) is 24.3 Å². The molecule has 0 spiro atoms. The van der Waals surface area contributed by atoms with E-state index >= 15 is 0 Å². The quantitative estimate of drug-likeness (QED) is 0.173. The highest BCUT2D eigenvalue weighted by Crippen LogP contribution is 2.08. The van der Waals surface area contributed by atoms with Gasteiger partial charge in [-0.15, -0.1) is 0 Å². The van der Waals surface area contributed by atoms with Crippen molar-refractivity contribution in [2.24, 2.45) is 11.5 Å². The van der Waals surface area contributed by atoms with Gasteiger partial charge in [-0.25, -0.2) is 4.79 Å². The van der Waals surface area contributed by atoms with Gasteiger partial charge >= 0.3 is 5.97 Å². The predicted octanol–water partition coefficient (Wildman–Crippen LogP) is -0.391. The molecule has 1 aromatic rings. The minimum Gasteiger partial charge on any atom is -0.480 e. The standard InChI is InChI=1S/C22H35N5O5S/c1-33-12-10-17(26-20(29)16(9-5-6-11-23)25-19(28)14-24)21(30)27-18(22(31)32)13-15-7-3-2-4-8-15/h2-4,7-8,16-18H,5-6,9-14,23-24H2,1H3,(H,25,28)(H,26,29)(H,27,30)(H,31,32). The van der Waals surface area contributed by atoms with Gasteiger partial charge in [-0.1, -0.05) is 30.3 Å². The number of carboxylic acid groups (broad SMARTS) is 1. The summed E-state index contributed by atoms with van der Waals surface area (Å²) in [5, 5.41) is 17.4. The number of carboxylic acids is 1. The fourth-order valence-electron chi connectivity index (χ4n) is 3.11. The van der Waals surface area contributed by atoms with Crippen molar-refractivity contribution in [2.75, 3.05) is 25.1 Å². The van der Waals surface area contributed by atoms with Crippen LogP contribution in [0.1, 0.15) is 31.2 Å². The number of hydrogen-bond acceptors (Lipinski definition) is 7. The summed E-state index contributed by atoms with van der Waals surface area (Å²) in [6.07, 6.45) is 3.91. The lowest BCUT2D eigenvalue weighted by Crippen LogP contribution is -2.56. The normalized spacial score (nSPS) is 13.4. The van der Waals surface area contributed by atoms with Crippen molar-refractivity contribution in [3.63, 3.8) is 0 Å². The lowest BCUT2D eigenvalue weighted by Gasteiger charge is -2.24. The lowest BCUT2D eigenvalue weighted by molar-refractivity contribution is -0.142. The minimum atomic E-state index is -1.17. The SMILES string of the molecule is CSCCC(NC(=O)C(CCCCN)NC(=O)CN)C(=O)NC(Cc1ccccc1)C(=O)O. The topological polar surface area (TPSA) is 177 Å². The first-order valence-corrected chi connectivity index (χ1v) is 12.3. The first kappa shape index (κ1) is 28.4. The van der Waals surface area contributed by atoms with Crippen LogP contribution in [-0.4, -0.2) is 72.0 Å². The summed E-state index contributed by atoms with van der Waals surface area (Å²) >= 11 is 1.49. The highest BCUT2D eigenvalue weighted by Gasteiger charge is 2.29. The molecule has 3 atom stereocenters. The van der Waals surface area contributed by atoms with Gasteiger partial charge in [-0.05, 0) is 49.8 Å². The Hall–Kier alpha value is -2.63. The molecule has 3 amide bonds. The van der Waals surface area contributed by atoms with Crippen molar-refractivity contribution < 1.29 is 24.3 Å². The molecule has 0 heterocycles. The van der Waals surface area contributed by atoms with E-state index in [0.717, 1.165) is 5.56 Å². The maximum Gasteiger partial charge on any atom is 0.326 e. The molecule has 8 N–H and O–H groups in total. The highest BCUT2D eigenvalue weighted by atomic mass is 32.2. The minimum absolute atomic E-state index is 0.110. The van der Waals surface area contributed by atoms with Crippen molar-refractivity contribution in [3.8, 4) is 0 Å². The number of nitrogens with one attached hydrogen (secondary N) is 3. The van der Waals surface area contributed by atoms with Crippen molar-refractivity contribution in [2.45, 2.75) is 50.2 Å². The highest BCUT2D eigenvalue weighted by molar-refractivity contribution is 7.98. The van der Waals surface area contributed by atoms with E-state index in [9.17, 15) is 24.3 Å². The lowest BCUT2D eigenvalue weighted by atomic mass is 10.0.